The number of ether oxygens (including phenoxy) is 4. The molecule has 70 heavy (non-hydrogen) atoms. The van der Waals surface area contributed by atoms with Gasteiger partial charge in [-0.1, -0.05) is 34.4 Å². The minimum Gasteiger partial charge on any atom is -0.495 e. The molecule has 31 heteroatoms. The number of methoxy groups -OCH3 is 4. The van der Waals surface area contributed by atoms with Gasteiger partial charge in [0.05, 0.1) is 74.3 Å². The van der Waals surface area contributed by atoms with Gasteiger partial charge in [-0.2, -0.15) is 40.5 Å². The molecule has 0 aliphatic carbocycles. The minimum absolute atomic E-state index is 0.0590. The van der Waals surface area contributed by atoms with Gasteiger partial charge in [0.1, 0.15) is 31.8 Å². The molecule has 0 unspecified atom stereocenters. The first kappa shape index (κ1) is 53.7. The van der Waals surface area contributed by atoms with E-state index in [9.17, 15) is 26.5 Å². The van der Waals surface area contributed by atoms with Crippen molar-refractivity contribution in [2.24, 2.45) is 10.2 Å². The van der Waals surface area contributed by atoms with Crippen molar-refractivity contribution in [1.82, 2.24) is 23.7 Å². The summed E-state index contributed by atoms with van der Waals surface area (Å²) in [5.41, 5.74) is 15.4. The van der Waals surface area contributed by atoms with Crippen LogP contribution in [-0.4, -0.2) is 122 Å². The lowest BCUT2D eigenvalue weighted by atomic mass is 10.2. The van der Waals surface area contributed by atoms with Crippen molar-refractivity contribution in [2.75, 3.05) is 98.9 Å². The molecule has 5 heterocycles. The summed E-state index contributed by atoms with van der Waals surface area (Å²) < 4.78 is 94.1. The minimum atomic E-state index is -4.58. The average Bonchev–Trinajstić information content (AvgIpc) is 4.11. The number of aliphatic hydroxyl groups is 1. The van der Waals surface area contributed by atoms with Gasteiger partial charge in [0.15, 0.2) is 30.1 Å². The van der Waals surface area contributed by atoms with Crippen LogP contribution >= 0.6 is 57.5 Å². The first-order valence-corrected chi connectivity index (χ1v) is 27.7. The molecule has 0 fully saturated rings. The largest absolute Gasteiger partial charge is 0.495 e. The molecule has 24 nitrogen and oxygen atoms in total. The number of aromatic nitrogens is 5. The Morgan fingerprint density at radius 3 is 1.70 bits per heavy atom. The van der Waals surface area contributed by atoms with Crippen LogP contribution in [0.3, 0.4) is 0 Å². The molecule has 9 N–H and O–H groups in total. The van der Waals surface area contributed by atoms with Crippen LogP contribution in [0.1, 0.15) is 27.7 Å². The van der Waals surface area contributed by atoms with Gasteiger partial charge in [-0.05, 0) is 62.9 Å². The fourth-order valence-corrected chi connectivity index (χ4v) is 12.8. The Kier molecular flexibility index (Phi) is 17.7. The van der Waals surface area contributed by atoms with E-state index in [-0.39, 0.29) is 43.4 Å². The Labute approximate surface area is 422 Å². The number of hydrogen-bond acceptors (Lipinski definition) is 27. The van der Waals surface area contributed by atoms with Crippen molar-refractivity contribution in [3.05, 3.63) is 24.3 Å². The maximum Gasteiger partial charge on any atom is 0.307 e. The molecule has 0 aliphatic rings. The number of nitrogens with one attached hydrogen (secondary N) is 2. The van der Waals surface area contributed by atoms with E-state index in [0.717, 1.165) is 70.2 Å². The van der Waals surface area contributed by atoms with Gasteiger partial charge in [0.2, 0.25) is 11.9 Å². The second-order valence-corrected chi connectivity index (χ2v) is 21.8. The van der Waals surface area contributed by atoms with Crippen molar-refractivity contribution in [3.8, 4) is 23.0 Å². The van der Waals surface area contributed by atoms with E-state index in [2.05, 4.69) is 68.2 Å². The molecule has 0 bridgehead atoms. The lowest BCUT2D eigenvalue weighted by Gasteiger charge is -2.25. The molecule has 7 rings (SSSR count). The van der Waals surface area contributed by atoms with E-state index in [4.69, 9.17) is 35.0 Å². The zero-order chi connectivity index (χ0) is 51.1. The number of thioether (sulfide) groups is 1. The van der Waals surface area contributed by atoms with Crippen molar-refractivity contribution in [2.45, 2.75) is 41.3 Å². The summed E-state index contributed by atoms with van der Waals surface area (Å²) in [6.07, 6.45) is 0. The lowest BCUT2D eigenvalue weighted by Crippen LogP contribution is -2.22. The molecular formula is C39H49N13O11S7. The van der Waals surface area contributed by atoms with Crippen LogP contribution in [0.4, 0.5) is 56.0 Å². The molecule has 0 spiro atoms. The third-order valence-electron chi connectivity index (χ3n) is 9.95. The topological polar surface area (TPSA) is 338 Å². The van der Waals surface area contributed by atoms with E-state index in [1.165, 1.54) is 26.0 Å². The van der Waals surface area contributed by atoms with Crippen molar-refractivity contribution in [1.29, 1.82) is 0 Å². The maximum atomic E-state index is 12.0. The molecule has 5 aromatic heterocycles. The number of fused-ring (bicyclic) bond motifs is 2. The van der Waals surface area contributed by atoms with E-state index in [1.807, 2.05) is 26.0 Å². The molecule has 0 saturated carbocycles. The number of aliphatic hydroxyl groups excluding tert-OH is 1. The van der Waals surface area contributed by atoms with Crippen LogP contribution in [0.5, 0.6) is 23.0 Å². The number of nitrogens with zero attached hydrogens (tertiary/aromatic N) is 9. The monoisotopic (exact) mass is 1100 g/mol. The summed E-state index contributed by atoms with van der Waals surface area (Å²) in [4.78, 5) is 18.9. The number of nitrogens with two attached hydrogens (primary N) is 2. The Hall–Kier alpha value is -5.64. The third kappa shape index (κ3) is 11.7. The standard InChI is InChI=1S/C33H43N11O7S4.C6H6N2O4S3/c1-8-43(9-2)22-15-19(18(34)14-24(22)49-5)35-31-37-32(39-33(38-31)52-13-12-45)36-20-16-23(44(10-3)11-4)25(50-6)17-21(20)40-41-28-26-27(51-7)30(55(46,47)48)53-29(26)42-54-28;1-12-3-2-4(7)14-8-5(2)13-6(3)15(9,10)11/h14-17,45H,8-13,34H2,1-7H3,(H,46,47,48)(H2,35,36,37,38,39);7H2,1H3,(H,9,10,11). The van der Waals surface area contributed by atoms with E-state index < -0.39 is 20.2 Å². The van der Waals surface area contributed by atoms with Crippen LogP contribution in [0, 0.1) is 0 Å². The zero-order valence-electron chi connectivity index (χ0n) is 38.7. The highest BCUT2D eigenvalue weighted by atomic mass is 32.3. The van der Waals surface area contributed by atoms with Crippen molar-refractivity contribution >= 4 is 154 Å². The predicted octanol–water partition coefficient (Wildman–Crippen LogP) is 8.27. The summed E-state index contributed by atoms with van der Waals surface area (Å²) in [7, 11) is -3.11. The number of thiophene rings is 2. The van der Waals surface area contributed by atoms with Gasteiger partial charge in [0.25, 0.3) is 0 Å². The van der Waals surface area contributed by atoms with Crippen molar-refractivity contribution in [3.63, 3.8) is 0 Å². The highest BCUT2D eigenvalue weighted by molar-refractivity contribution is 7.99. The van der Waals surface area contributed by atoms with Crippen molar-refractivity contribution < 1.29 is 50.0 Å². The highest BCUT2D eigenvalue weighted by Gasteiger charge is 2.28. The molecule has 378 valence electrons. The fourth-order valence-electron chi connectivity index (χ4n) is 6.74. The summed E-state index contributed by atoms with van der Waals surface area (Å²) in [6.45, 7) is 10.9. The number of rotatable bonds is 21. The molecule has 2 aromatic carbocycles. The zero-order valence-corrected chi connectivity index (χ0v) is 44.4. The molecule has 7 aromatic rings. The summed E-state index contributed by atoms with van der Waals surface area (Å²) in [5.74, 6) is 1.81. The van der Waals surface area contributed by atoms with Gasteiger partial charge in [0, 0.05) is 44.1 Å². The van der Waals surface area contributed by atoms with E-state index >= 15 is 0 Å². The fraction of sp³-hybridized carbons (Fsp3) is 0.359. The number of benzene rings is 2. The molecular weight excluding hydrogens is 1050 g/mol. The van der Waals surface area contributed by atoms with E-state index in [1.54, 1.807) is 26.4 Å². The van der Waals surface area contributed by atoms with Gasteiger partial charge in [-0.3, -0.25) is 9.11 Å². The first-order valence-electron chi connectivity index (χ1n) is 20.7. The summed E-state index contributed by atoms with van der Waals surface area (Å²) in [5, 5.41) is 26.8. The second kappa shape index (κ2) is 23.1. The maximum absolute atomic E-state index is 12.0. The lowest BCUT2D eigenvalue weighted by molar-refractivity contribution is 0.322. The Morgan fingerprint density at radius 2 is 1.19 bits per heavy atom. The molecule has 0 aliphatic heterocycles. The normalized spacial score (nSPS) is 11.8. The molecule has 0 atom stereocenters. The van der Waals surface area contributed by atoms with Gasteiger partial charge in [-0.15, -0.1) is 10.2 Å². The highest BCUT2D eigenvalue weighted by Crippen LogP contribution is 2.49. The Morgan fingerprint density at radius 1 is 0.686 bits per heavy atom. The molecule has 0 saturated heterocycles. The Balaban J connectivity index is 0.000000453. The molecule has 0 radical (unpaired) electrons. The second-order valence-electron chi connectivity index (χ2n) is 14.0. The van der Waals surface area contributed by atoms with Gasteiger partial charge in [-0.25, -0.2) is 0 Å². The summed E-state index contributed by atoms with van der Waals surface area (Å²) in [6, 6.07) is 7.18. The van der Waals surface area contributed by atoms with Crippen LogP contribution < -0.4 is 50.8 Å². The van der Waals surface area contributed by atoms with Gasteiger partial charge < -0.3 is 56.0 Å². The summed E-state index contributed by atoms with van der Waals surface area (Å²) >= 11 is 4.89. The van der Waals surface area contributed by atoms with E-state index in [0.29, 0.717) is 83.7 Å². The third-order valence-corrected chi connectivity index (χ3v) is 17.2. The average molecular weight is 1100 g/mol. The van der Waals surface area contributed by atoms with Crippen LogP contribution in [0.2, 0.25) is 0 Å². The number of anilines is 8. The quantitative estimate of drug-likeness (QED) is 0.0154. The first-order chi connectivity index (χ1) is 33.4. The van der Waals surface area contributed by atoms with Crippen LogP contribution in [0.25, 0.3) is 20.4 Å². The SMILES string of the molecule is CCN(CC)c1cc(Nc2nc(Nc3cc(N(CC)CC)c(OC)cc3N=Nc3snc4sc(S(=O)(=O)O)c(OC)c34)nc(SCCO)n2)c(N)cc1OC.COc1c(S(=O)(=O)O)sc2nsc(N)c12. The van der Waals surface area contributed by atoms with Crippen LogP contribution in [-0.2, 0) is 20.2 Å². The number of hydrogen-bond donors (Lipinski definition) is 7. The Bertz CT molecular complexity index is 3230. The number of nitrogen functional groups attached to an aromatic ring is 2. The van der Waals surface area contributed by atoms with Crippen LogP contribution in [0.15, 0.2) is 48.1 Å². The van der Waals surface area contributed by atoms with Gasteiger partial charge >= 0.3 is 20.2 Å². The number of azo groups is 1. The predicted molar refractivity (Wildman–Crippen MR) is 278 cm³/mol. The molecule has 0 amide bonds. The smallest absolute Gasteiger partial charge is 0.307 e.